The lowest BCUT2D eigenvalue weighted by molar-refractivity contribution is 0.150. The lowest BCUT2D eigenvalue weighted by Crippen LogP contribution is -2.33. The van der Waals surface area contributed by atoms with Gasteiger partial charge in [-0.15, -0.1) is 0 Å². The predicted molar refractivity (Wildman–Crippen MR) is 75.1 cm³/mol. The van der Waals surface area contributed by atoms with Crippen LogP contribution in [0, 0.1) is 23.7 Å². The number of hydrogen-bond acceptors (Lipinski definition) is 2. The highest BCUT2D eigenvalue weighted by atomic mass is 15.2. The van der Waals surface area contributed by atoms with Gasteiger partial charge in [-0.2, -0.15) is 5.10 Å². The van der Waals surface area contributed by atoms with Crippen LogP contribution in [0.2, 0.25) is 0 Å². The van der Waals surface area contributed by atoms with E-state index in [1.807, 2.05) is 17.9 Å². The SMILES string of the molecule is CC(C)C1CCC(CN)C(Cc2ccn(C)n2)C1. The summed E-state index contributed by atoms with van der Waals surface area (Å²) in [5, 5.41) is 4.52. The number of hydrogen-bond donors (Lipinski definition) is 1. The lowest BCUT2D eigenvalue weighted by Gasteiger charge is -2.37. The molecule has 3 nitrogen and oxygen atoms in total. The van der Waals surface area contributed by atoms with Crippen LogP contribution < -0.4 is 5.73 Å². The van der Waals surface area contributed by atoms with E-state index in [4.69, 9.17) is 5.73 Å². The molecule has 1 saturated carbocycles. The van der Waals surface area contributed by atoms with Gasteiger partial charge in [0, 0.05) is 13.2 Å². The van der Waals surface area contributed by atoms with Crippen LogP contribution in [0.15, 0.2) is 12.3 Å². The smallest absolute Gasteiger partial charge is 0.0627 e. The largest absolute Gasteiger partial charge is 0.330 e. The zero-order valence-electron chi connectivity index (χ0n) is 12.0. The van der Waals surface area contributed by atoms with Crippen LogP contribution in [0.25, 0.3) is 0 Å². The van der Waals surface area contributed by atoms with Crippen LogP contribution in [-0.2, 0) is 13.5 Å². The minimum atomic E-state index is 0.696. The number of rotatable bonds is 4. The molecule has 3 unspecified atom stereocenters. The van der Waals surface area contributed by atoms with Gasteiger partial charge < -0.3 is 5.73 Å². The first-order valence-electron chi connectivity index (χ1n) is 7.28. The van der Waals surface area contributed by atoms with Crippen molar-refractivity contribution in [2.45, 2.75) is 39.5 Å². The van der Waals surface area contributed by atoms with Crippen LogP contribution in [0.3, 0.4) is 0 Å². The van der Waals surface area contributed by atoms with E-state index in [0.717, 1.165) is 30.7 Å². The Labute approximate surface area is 111 Å². The highest BCUT2D eigenvalue weighted by Gasteiger charge is 2.31. The van der Waals surface area contributed by atoms with Crippen LogP contribution in [0.1, 0.15) is 38.8 Å². The molecule has 1 aromatic rings. The standard InChI is InChI=1S/C15H27N3/c1-11(2)12-4-5-13(10-16)14(8-12)9-15-6-7-18(3)17-15/h6-7,11-14H,4-5,8-10,16H2,1-3H3. The van der Waals surface area contributed by atoms with Crippen LogP contribution in [-0.4, -0.2) is 16.3 Å². The van der Waals surface area contributed by atoms with E-state index in [1.165, 1.54) is 25.0 Å². The average Bonchev–Trinajstić information content (AvgIpc) is 2.74. The molecule has 1 aliphatic rings. The molecule has 3 atom stereocenters. The molecule has 1 aromatic heterocycles. The molecular formula is C15H27N3. The van der Waals surface area contributed by atoms with E-state index in [1.54, 1.807) is 0 Å². The highest BCUT2D eigenvalue weighted by Crippen LogP contribution is 2.38. The molecule has 0 bridgehead atoms. The van der Waals surface area contributed by atoms with Gasteiger partial charge in [-0.05, 0) is 62.0 Å². The molecule has 3 heteroatoms. The minimum Gasteiger partial charge on any atom is -0.330 e. The van der Waals surface area contributed by atoms with Crippen molar-refractivity contribution in [1.29, 1.82) is 0 Å². The van der Waals surface area contributed by atoms with Gasteiger partial charge in [0.1, 0.15) is 0 Å². The van der Waals surface area contributed by atoms with Crippen LogP contribution in [0.5, 0.6) is 0 Å². The van der Waals surface area contributed by atoms with Crippen LogP contribution in [0.4, 0.5) is 0 Å². The summed E-state index contributed by atoms with van der Waals surface area (Å²) < 4.78 is 1.90. The summed E-state index contributed by atoms with van der Waals surface area (Å²) in [5.41, 5.74) is 7.18. The molecule has 18 heavy (non-hydrogen) atoms. The third kappa shape index (κ3) is 3.14. The fourth-order valence-electron chi connectivity index (χ4n) is 3.37. The average molecular weight is 249 g/mol. The summed E-state index contributed by atoms with van der Waals surface area (Å²) in [6.45, 7) is 5.54. The van der Waals surface area contributed by atoms with Gasteiger partial charge in [0.05, 0.1) is 5.69 Å². The Balaban J connectivity index is 2.02. The van der Waals surface area contributed by atoms with Gasteiger partial charge in [-0.25, -0.2) is 0 Å². The third-order valence-corrected chi connectivity index (χ3v) is 4.67. The summed E-state index contributed by atoms with van der Waals surface area (Å²) in [6, 6.07) is 2.15. The molecule has 0 radical (unpaired) electrons. The molecule has 2 N–H and O–H groups in total. The van der Waals surface area contributed by atoms with Gasteiger partial charge in [0.15, 0.2) is 0 Å². The quantitative estimate of drug-likeness (QED) is 0.891. The second-order valence-corrected chi connectivity index (χ2v) is 6.26. The number of aromatic nitrogens is 2. The van der Waals surface area contributed by atoms with Gasteiger partial charge in [-0.1, -0.05) is 13.8 Å². The first-order valence-corrected chi connectivity index (χ1v) is 7.28. The van der Waals surface area contributed by atoms with Gasteiger partial charge in [0.2, 0.25) is 0 Å². The van der Waals surface area contributed by atoms with E-state index in [9.17, 15) is 0 Å². The molecule has 1 aliphatic carbocycles. The third-order valence-electron chi connectivity index (χ3n) is 4.67. The zero-order valence-corrected chi connectivity index (χ0v) is 12.0. The molecule has 0 amide bonds. The Morgan fingerprint density at radius 2 is 2.17 bits per heavy atom. The van der Waals surface area contributed by atoms with Gasteiger partial charge in [0.25, 0.3) is 0 Å². The monoisotopic (exact) mass is 249 g/mol. The van der Waals surface area contributed by atoms with Gasteiger partial charge in [-0.3, -0.25) is 4.68 Å². The summed E-state index contributed by atoms with van der Waals surface area (Å²) >= 11 is 0. The van der Waals surface area contributed by atoms with Crippen molar-refractivity contribution in [3.05, 3.63) is 18.0 Å². The Morgan fingerprint density at radius 1 is 1.39 bits per heavy atom. The molecule has 102 valence electrons. The van der Waals surface area contributed by atoms with Gasteiger partial charge >= 0.3 is 0 Å². The van der Waals surface area contributed by atoms with Crippen molar-refractivity contribution in [1.82, 2.24) is 9.78 Å². The molecule has 1 heterocycles. The maximum atomic E-state index is 5.95. The minimum absolute atomic E-state index is 0.696. The normalized spacial score (nSPS) is 28.8. The van der Waals surface area contributed by atoms with E-state index in [-0.39, 0.29) is 0 Å². The summed E-state index contributed by atoms with van der Waals surface area (Å²) in [5.74, 6) is 3.10. The van der Waals surface area contributed by atoms with Crippen molar-refractivity contribution >= 4 is 0 Å². The molecular weight excluding hydrogens is 222 g/mol. The topological polar surface area (TPSA) is 43.8 Å². The van der Waals surface area contributed by atoms with Crippen molar-refractivity contribution < 1.29 is 0 Å². The van der Waals surface area contributed by atoms with Crippen LogP contribution >= 0.6 is 0 Å². The lowest BCUT2D eigenvalue weighted by atomic mass is 9.69. The van der Waals surface area contributed by atoms with Crippen molar-refractivity contribution in [3.8, 4) is 0 Å². The molecule has 0 spiro atoms. The zero-order chi connectivity index (χ0) is 13.1. The highest BCUT2D eigenvalue weighted by molar-refractivity contribution is 5.01. The van der Waals surface area contributed by atoms with E-state index < -0.39 is 0 Å². The van der Waals surface area contributed by atoms with Crippen molar-refractivity contribution in [2.24, 2.45) is 36.5 Å². The summed E-state index contributed by atoms with van der Waals surface area (Å²) in [4.78, 5) is 0. The number of aryl methyl sites for hydroxylation is 1. The fourth-order valence-corrected chi connectivity index (χ4v) is 3.37. The summed E-state index contributed by atoms with van der Waals surface area (Å²) in [6.07, 6.45) is 7.13. The fraction of sp³-hybridized carbons (Fsp3) is 0.800. The molecule has 0 saturated heterocycles. The Morgan fingerprint density at radius 3 is 2.72 bits per heavy atom. The first-order chi connectivity index (χ1) is 8.60. The molecule has 1 fully saturated rings. The number of nitrogens with zero attached hydrogens (tertiary/aromatic N) is 2. The Bertz CT molecular complexity index is 370. The molecule has 0 aromatic carbocycles. The van der Waals surface area contributed by atoms with E-state index >= 15 is 0 Å². The Kier molecular flexibility index (Phi) is 4.44. The van der Waals surface area contributed by atoms with Crippen molar-refractivity contribution in [2.75, 3.05) is 6.54 Å². The molecule has 0 aliphatic heterocycles. The van der Waals surface area contributed by atoms with E-state index in [2.05, 4.69) is 25.0 Å². The molecule has 2 rings (SSSR count). The number of nitrogens with two attached hydrogens (primary N) is 1. The summed E-state index contributed by atoms with van der Waals surface area (Å²) in [7, 11) is 1.99. The maximum Gasteiger partial charge on any atom is 0.0627 e. The van der Waals surface area contributed by atoms with E-state index in [0.29, 0.717) is 5.92 Å². The maximum absolute atomic E-state index is 5.95. The second-order valence-electron chi connectivity index (χ2n) is 6.26. The second kappa shape index (κ2) is 5.87. The van der Waals surface area contributed by atoms with Crippen molar-refractivity contribution in [3.63, 3.8) is 0 Å². The Hall–Kier alpha value is -0.830. The first kappa shape index (κ1) is 13.6. The predicted octanol–water partition coefficient (Wildman–Crippen LogP) is 2.61.